The Labute approximate surface area is 71.2 Å². The number of hydrogen-bond donors (Lipinski definition) is 0. The maximum atomic E-state index is 10.2. The van der Waals surface area contributed by atoms with Crippen molar-refractivity contribution in [3.63, 3.8) is 0 Å². The molecule has 0 N–H and O–H groups in total. The van der Waals surface area contributed by atoms with Gasteiger partial charge in [-0.25, -0.2) is 0 Å². The maximum absolute atomic E-state index is 10.2. The average Bonchev–Trinajstić information content (AvgIpc) is 1.88. The first-order chi connectivity index (χ1) is 4.70. The molecule has 0 spiro atoms. The fourth-order valence-corrected chi connectivity index (χ4v) is 1.02. The van der Waals surface area contributed by atoms with Crippen LogP contribution in [0.25, 0.3) is 0 Å². The van der Waals surface area contributed by atoms with Gasteiger partial charge in [0.2, 0.25) is 0 Å². The number of carbonyl (C=O) groups is 1. The average molecular weight is 248 g/mol. The fraction of sp³-hybridized carbons (Fsp3) is 0. The van der Waals surface area contributed by atoms with Gasteiger partial charge in [-0.1, -0.05) is 0 Å². The van der Waals surface area contributed by atoms with Crippen LogP contribution in [0.15, 0.2) is 18.5 Å². The van der Waals surface area contributed by atoms with E-state index in [1.807, 2.05) is 22.6 Å². The van der Waals surface area contributed by atoms with Crippen molar-refractivity contribution in [2.24, 2.45) is 0 Å². The third kappa shape index (κ3) is 1.66. The third-order valence-corrected chi connectivity index (χ3v) is 1.53. The summed E-state index contributed by atoms with van der Waals surface area (Å²) in [6.45, 7) is 0. The van der Waals surface area contributed by atoms with Crippen molar-refractivity contribution in [2.45, 2.75) is 0 Å². The lowest BCUT2D eigenvalue weighted by Gasteiger charge is -1.99. The van der Waals surface area contributed by atoms with Gasteiger partial charge in [0.25, 0.3) is 0 Å². The maximum Gasteiger partial charge on any atom is 0.0731 e. The highest BCUT2D eigenvalue weighted by Crippen LogP contribution is 2.03. The normalized spacial score (nSPS) is 9.30. The highest BCUT2D eigenvalue weighted by atomic mass is 127. The quantitative estimate of drug-likeness (QED) is 0.660. The van der Waals surface area contributed by atoms with E-state index in [0.29, 0.717) is 0 Å². The second kappa shape index (κ2) is 2.96. The van der Waals surface area contributed by atoms with Crippen molar-refractivity contribution in [3.8, 4) is 0 Å². The molecule has 0 radical (unpaired) electrons. The summed E-state index contributed by atoms with van der Waals surface area (Å²) >= 11 is 1.99. The molecule has 10 heavy (non-hydrogen) atoms. The third-order valence-electron chi connectivity index (χ3n) is 0.941. The van der Waals surface area contributed by atoms with Gasteiger partial charge in [-0.2, -0.15) is 0 Å². The molecule has 3 nitrogen and oxygen atoms in total. The Kier molecular flexibility index (Phi) is 2.21. The number of aromatic carboxylic acids is 1. The van der Waals surface area contributed by atoms with E-state index in [9.17, 15) is 9.90 Å². The van der Waals surface area contributed by atoms with Crippen molar-refractivity contribution < 1.29 is 9.90 Å². The van der Waals surface area contributed by atoms with Gasteiger partial charge < -0.3 is 9.90 Å². The molecule has 0 saturated heterocycles. The smallest absolute Gasteiger partial charge is 0.0731 e. The molecule has 0 saturated carbocycles. The summed E-state index contributed by atoms with van der Waals surface area (Å²) in [6, 6.07) is 1.50. The fourth-order valence-electron chi connectivity index (χ4n) is 0.523. The zero-order valence-corrected chi connectivity index (χ0v) is 7.03. The standard InChI is InChI=1S/C6H4INO2/c7-5-1-4(6(9)10)2-8-3-5/h1-3H,(H,9,10)/p-1. The minimum atomic E-state index is -1.19. The second-order valence-electron chi connectivity index (χ2n) is 1.68. The van der Waals surface area contributed by atoms with E-state index in [1.54, 1.807) is 6.20 Å². The number of hydrogen-bond acceptors (Lipinski definition) is 3. The van der Waals surface area contributed by atoms with E-state index in [-0.39, 0.29) is 5.56 Å². The topological polar surface area (TPSA) is 53.0 Å². The van der Waals surface area contributed by atoms with Crippen molar-refractivity contribution in [2.75, 3.05) is 0 Å². The van der Waals surface area contributed by atoms with Gasteiger partial charge in [-0.05, 0) is 28.7 Å². The highest BCUT2D eigenvalue weighted by molar-refractivity contribution is 14.1. The Hall–Kier alpha value is -0.650. The molecule has 0 aliphatic heterocycles. The highest BCUT2D eigenvalue weighted by Gasteiger charge is 1.92. The molecule has 0 unspecified atom stereocenters. The number of pyridine rings is 1. The monoisotopic (exact) mass is 248 g/mol. The van der Waals surface area contributed by atoms with Crippen LogP contribution in [-0.4, -0.2) is 11.0 Å². The Morgan fingerprint density at radius 2 is 2.30 bits per heavy atom. The molecule has 0 aliphatic rings. The van der Waals surface area contributed by atoms with Crippen molar-refractivity contribution in [1.29, 1.82) is 0 Å². The number of carboxylic acids is 1. The lowest BCUT2D eigenvalue weighted by Crippen LogP contribution is -2.22. The van der Waals surface area contributed by atoms with Crippen LogP contribution in [0.2, 0.25) is 0 Å². The van der Waals surface area contributed by atoms with Crippen molar-refractivity contribution in [1.82, 2.24) is 4.98 Å². The first-order valence-electron chi connectivity index (χ1n) is 2.52. The summed E-state index contributed by atoms with van der Waals surface area (Å²) in [5.74, 6) is -1.19. The minimum Gasteiger partial charge on any atom is -0.545 e. The van der Waals surface area contributed by atoms with Crippen LogP contribution in [0, 0.1) is 3.57 Å². The Bertz CT molecular complexity index is 262. The molecule has 1 rings (SSSR count). The Morgan fingerprint density at radius 3 is 2.70 bits per heavy atom. The molecule has 0 fully saturated rings. The molecule has 0 atom stereocenters. The first kappa shape index (κ1) is 7.46. The molecule has 1 aromatic heterocycles. The first-order valence-corrected chi connectivity index (χ1v) is 3.60. The summed E-state index contributed by atoms with van der Waals surface area (Å²) in [5.41, 5.74) is 0.118. The second-order valence-corrected chi connectivity index (χ2v) is 2.92. The molecular formula is C6H3INO2-. The predicted molar refractivity (Wildman–Crippen MR) is 41.3 cm³/mol. The molecule has 1 heterocycles. The van der Waals surface area contributed by atoms with Crippen LogP contribution in [0.1, 0.15) is 10.4 Å². The van der Waals surface area contributed by atoms with E-state index in [0.717, 1.165) is 3.57 Å². The van der Waals surface area contributed by atoms with Crippen LogP contribution in [0.4, 0.5) is 0 Å². The molecule has 52 valence electrons. The van der Waals surface area contributed by atoms with Crippen molar-refractivity contribution >= 4 is 28.6 Å². The number of aromatic nitrogens is 1. The van der Waals surface area contributed by atoms with E-state index in [1.165, 1.54) is 12.3 Å². The van der Waals surface area contributed by atoms with Crippen LogP contribution in [0.3, 0.4) is 0 Å². The summed E-state index contributed by atoms with van der Waals surface area (Å²) in [5, 5.41) is 10.2. The number of carboxylic acid groups (broad SMARTS) is 1. The van der Waals surface area contributed by atoms with E-state index < -0.39 is 5.97 Å². The largest absolute Gasteiger partial charge is 0.545 e. The zero-order chi connectivity index (χ0) is 7.56. The molecule has 0 bridgehead atoms. The van der Waals surface area contributed by atoms with Gasteiger partial charge in [0.05, 0.1) is 5.97 Å². The predicted octanol–water partition coefficient (Wildman–Crippen LogP) is 0.0497. The summed E-state index contributed by atoms with van der Waals surface area (Å²) < 4.78 is 0.791. The Balaban J connectivity index is 3.07. The summed E-state index contributed by atoms with van der Waals surface area (Å²) in [6.07, 6.45) is 2.84. The lowest BCUT2D eigenvalue weighted by atomic mass is 10.3. The molecule has 1 aromatic rings. The van der Waals surface area contributed by atoms with Gasteiger partial charge >= 0.3 is 0 Å². The van der Waals surface area contributed by atoms with Crippen LogP contribution in [-0.2, 0) is 0 Å². The number of halogens is 1. The van der Waals surface area contributed by atoms with Crippen LogP contribution < -0.4 is 5.11 Å². The van der Waals surface area contributed by atoms with Gasteiger partial charge in [-0.15, -0.1) is 0 Å². The lowest BCUT2D eigenvalue weighted by molar-refractivity contribution is -0.255. The van der Waals surface area contributed by atoms with Crippen LogP contribution in [0.5, 0.6) is 0 Å². The molecule has 0 aromatic carbocycles. The summed E-state index contributed by atoms with van der Waals surface area (Å²) in [7, 11) is 0. The minimum absolute atomic E-state index is 0.118. The number of rotatable bonds is 1. The molecular weight excluding hydrogens is 245 g/mol. The van der Waals surface area contributed by atoms with E-state index in [4.69, 9.17) is 0 Å². The van der Waals surface area contributed by atoms with Crippen LogP contribution >= 0.6 is 22.6 Å². The number of carbonyl (C=O) groups excluding carboxylic acids is 1. The Morgan fingerprint density at radius 1 is 1.60 bits per heavy atom. The molecule has 0 aliphatic carbocycles. The van der Waals surface area contributed by atoms with Gasteiger partial charge in [0, 0.05) is 21.5 Å². The van der Waals surface area contributed by atoms with Gasteiger partial charge in [0.1, 0.15) is 0 Å². The number of nitrogens with zero attached hydrogens (tertiary/aromatic N) is 1. The zero-order valence-electron chi connectivity index (χ0n) is 4.87. The molecule has 0 amide bonds. The van der Waals surface area contributed by atoms with E-state index >= 15 is 0 Å². The van der Waals surface area contributed by atoms with Crippen molar-refractivity contribution in [3.05, 3.63) is 27.6 Å². The van der Waals surface area contributed by atoms with E-state index in [2.05, 4.69) is 4.98 Å². The summed E-state index contributed by atoms with van der Waals surface area (Å²) in [4.78, 5) is 13.9. The van der Waals surface area contributed by atoms with Gasteiger partial charge in [-0.3, -0.25) is 4.98 Å². The van der Waals surface area contributed by atoms with Gasteiger partial charge in [0.15, 0.2) is 0 Å². The molecule has 4 heteroatoms. The SMILES string of the molecule is O=C([O-])c1cncc(I)c1.